The van der Waals surface area contributed by atoms with Gasteiger partial charge >= 0.3 is 0 Å². The van der Waals surface area contributed by atoms with Crippen LogP contribution in [0.1, 0.15) is 43.7 Å². The second-order valence-corrected chi connectivity index (χ2v) is 5.62. The Morgan fingerprint density at radius 1 is 0.762 bits per heavy atom. The standard InChI is InChI=1S/C21H26/c1-2-3-10-21(17-15-19-11-6-4-7-12-19)18-16-20-13-8-5-9-14-20/h4-14H,2-3,15-18H2,1H3. The summed E-state index contributed by atoms with van der Waals surface area (Å²) in [5, 5.41) is 0. The van der Waals surface area contributed by atoms with Crippen LogP contribution in [0.5, 0.6) is 0 Å². The van der Waals surface area contributed by atoms with E-state index in [-0.39, 0.29) is 0 Å². The summed E-state index contributed by atoms with van der Waals surface area (Å²) >= 11 is 0. The smallest absolute Gasteiger partial charge is 0.0241 e. The Kier molecular flexibility index (Phi) is 6.80. The number of unbranched alkanes of at least 4 members (excludes halogenated alkanes) is 1. The van der Waals surface area contributed by atoms with Gasteiger partial charge < -0.3 is 0 Å². The van der Waals surface area contributed by atoms with Crippen molar-refractivity contribution in [3.05, 3.63) is 83.4 Å². The Morgan fingerprint density at radius 2 is 1.24 bits per heavy atom. The predicted octanol–water partition coefficient (Wildman–Crippen LogP) is 5.98. The average molecular weight is 278 g/mol. The zero-order valence-corrected chi connectivity index (χ0v) is 13.1. The molecule has 2 aromatic carbocycles. The average Bonchev–Trinajstić information content (AvgIpc) is 2.56. The minimum Gasteiger partial charge on any atom is -0.0853 e. The van der Waals surface area contributed by atoms with Gasteiger partial charge in [0.25, 0.3) is 0 Å². The van der Waals surface area contributed by atoms with Crippen LogP contribution in [0.15, 0.2) is 72.3 Å². The summed E-state index contributed by atoms with van der Waals surface area (Å²) in [6, 6.07) is 21.6. The van der Waals surface area contributed by atoms with Gasteiger partial charge in [0, 0.05) is 0 Å². The Labute approximate surface area is 129 Å². The molecule has 0 saturated heterocycles. The molecule has 0 saturated carbocycles. The van der Waals surface area contributed by atoms with E-state index in [1.54, 1.807) is 5.57 Å². The molecule has 110 valence electrons. The van der Waals surface area contributed by atoms with Crippen LogP contribution < -0.4 is 0 Å². The van der Waals surface area contributed by atoms with Crippen LogP contribution in [0, 0.1) is 0 Å². The van der Waals surface area contributed by atoms with Crippen LogP contribution >= 0.6 is 0 Å². The van der Waals surface area contributed by atoms with E-state index in [1.165, 1.54) is 36.8 Å². The van der Waals surface area contributed by atoms with Crippen molar-refractivity contribution in [3.8, 4) is 0 Å². The third-order valence-electron chi connectivity index (χ3n) is 3.88. The maximum absolute atomic E-state index is 2.46. The fourth-order valence-electron chi connectivity index (χ4n) is 2.58. The summed E-state index contributed by atoms with van der Waals surface area (Å²) in [5.41, 5.74) is 4.50. The van der Waals surface area contributed by atoms with Crippen LogP contribution in [0.4, 0.5) is 0 Å². The highest BCUT2D eigenvalue weighted by Crippen LogP contribution is 2.17. The second-order valence-electron chi connectivity index (χ2n) is 5.62. The van der Waals surface area contributed by atoms with Gasteiger partial charge in [-0.3, -0.25) is 0 Å². The fourth-order valence-corrected chi connectivity index (χ4v) is 2.58. The lowest BCUT2D eigenvalue weighted by Crippen LogP contribution is -1.93. The van der Waals surface area contributed by atoms with Crippen molar-refractivity contribution in [2.24, 2.45) is 0 Å². The van der Waals surface area contributed by atoms with Gasteiger partial charge in [-0.05, 0) is 43.2 Å². The molecule has 2 aromatic rings. The van der Waals surface area contributed by atoms with Crippen LogP contribution in [-0.2, 0) is 12.8 Å². The summed E-state index contributed by atoms with van der Waals surface area (Å²) in [6.45, 7) is 2.25. The molecule has 0 aliphatic heterocycles. The maximum atomic E-state index is 2.46. The summed E-state index contributed by atoms with van der Waals surface area (Å²) in [7, 11) is 0. The van der Waals surface area contributed by atoms with Gasteiger partial charge in [0.15, 0.2) is 0 Å². The third kappa shape index (κ3) is 5.99. The maximum Gasteiger partial charge on any atom is -0.0241 e. The van der Waals surface area contributed by atoms with Gasteiger partial charge in [0.1, 0.15) is 0 Å². The topological polar surface area (TPSA) is 0 Å². The molecule has 0 aromatic heterocycles. The highest BCUT2D eigenvalue weighted by atomic mass is 14.1. The highest BCUT2D eigenvalue weighted by molar-refractivity contribution is 5.19. The molecular formula is C21H26. The molecule has 0 aliphatic rings. The summed E-state index contributed by atoms with van der Waals surface area (Å²) in [6.07, 6.45) is 9.61. The highest BCUT2D eigenvalue weighted by Gasteiger charge is 2.01. The molecular weight excluding hydrogens is 252 g/mol. The summed E-state index contributed by atoms with van der Waals surface area (Å²) < 4.78 is 0. The number of aryl methyl sites for hydroxylation is 2. The van der Waals surface area contributed by atoms with Crippen LogP contribution in [0.2, 0.25) is 0 Å². The van der Waals surface area contributed by atoms with Gasteiger partial charge in [-0.15, -0.1) is 0 Å². The van der Waals surface area contributed by atoms with Crippen LogP contribution in [0.25, 0.3) is 0 Å². The Balaban J connectivity index is 1.88. The van der Waals surface area contributed by atoms with E-state index in [0.29, 0.717) is 0 Å². The molecule has 2 rings (SSSR count). The number of hydrogen-bond acceptors (Lipinski definition) is 0. The number of allylic oxidation sites excluding steroid dienone is 2. The zero-order chi connectivity index (χ0) is 14.8. The van der Waals surface area contributed by atoms with Crippen LogP contribution in [0.3, 0.4) is 0 Å². The van der Waals surface area contributed by atoms with Crippen molar-refractivity contribution in [1.29, 1.82) is 0 Å². The summed E-state index contributed by atoms with van der Waals surface area (Å²) in [5.74, 6) is 0. The van der Waals surface area contributed by atoms with E-state index >= 15 is 0 Å². The first-order chi connectivity index (χ1) is 10.4. The molecule has 0 nitrogen and oxygen atoms in total. The number of hydrogen-bond donors (Lipinski definition) is 0. The molecule has 0 spiro atoms. The van der Waals surface area contributed by atoms with Crippen molar-refractivity contribution in [2.45, 2.75) is 45.4 Å². The molecule has 0 heterocycles. The number of benzene rings is 2. The zero-order valence-electron chi connectivity index (χ0n) is 13.1. The first kappa shape index (κ1) is 15.6. The fraction of sp³-hybridized carbons (Fsp3) is 0.333. The van der Waals surface area contributed by atoms with Gasteiger partial charge in [-0.2, -0.15) is 0 Å². The minimum atomic E-state index is 1.16. The van der Waals surface area contributed by atoms with Gasteiger partial charge in [0.05, 0.1) is 0 Å². The Bertz CT molecular complexity index is 477. The largest absolute Gasteiger partial charge is 0.0853 e. The predicted molar refractivity (Wildman–Crippen MR) is 92.5 cm³/mol. The van der Waals surface area contributed by atoms with E-state index < -0.39 is 0 Å². The molecule has 21 heavy (non-hydrogen) atoms. The molecule has 0 N–H and O–H groups in total. The monoisotopic (exact) mass is 278 g/mol. The number of rotatable bonds is 8. The lowest BCUT2D eigenvalue weighted by atomic mass is 9.97. The summed E-state index contributed by atoms with van der Waals surface area (Å²) in [4.78, 5) is 0. The molecule has 0 unspecified atom stereocenters. The van der Waals surface area contributed by atoms with Gasteiger partial charge in [-0.1, -0.05) is 85.7 Å². The van der Waals surface area contributed by atoms with E-state index in [0.717, 1.165) is 12.8 Å². The molecule has 0 aliphatic carbocycles. The lowest BCUT2D eigenvalue weighted by molar-refractivity contribution is 0.815. The van der Waals surface area contributed by atoms with E-state index in [1.807, 2.05) is 0 Å². The van der Waals surface area contributed by atoms with E-state index in [2.05, 4.69) is 73.7 Å². The molecule has 0 radical (unpaired) electrons. The molecule has 0 bridgehead atoms. The van der Waals surface area contributed by atoms with Crippen molar-refractivity contribution in [3.63, 3.8) is 0 Å². The van der Waals surface area contributed by atoms with E-state index in [4.69, 9.17) is 0 Å². The normalized spacial score (nSPS) is 10.3. The van der Waals surface area contributed by atoms with Crippen molar-refractivity contribution < 1.29 is 0 Å². The Hall–Kier alpha value is -1.82. The first-order valence-corrected chi connectivity index (χ1v) is 8.14. The SMILES string of the molecule is CCCC=C(CCc1ccccc1)CCc1ccccc1. The molecule has 0 heteroatoms. The molecule has 0 amide bonds. The van der Waals surface area contributed by atoms with Crippen LogP contribution in [-0.4, -0.2) is 0 Å². The Morgan fingerprint density at radius 3 is 1.67 bits per heavy atom. The van der Waals surface area contributed by atoms with Crippen molar-refractivity contribution in [2.75, 3.05) is 0 Å². The first-order valence-electron chi connectivity index (χ1n) is 8.14. The minimum absolute atomic E-state index is 1.16. The third-order valence-corrected chi connectivity index (χ3v) is 3.88. The molecule has 0 atom stereocenters. The quantitative estimate of drug-likeness (QED) is 0.521. The second kappa shape index (κ2) is 9.18. The van der Waals surface area contributed by atoms with E-state index in [9.17, 15) is 0 Å². The lowest BCUT2D eigenvalue weighted by Gasteiger charge is -2.09. The van der Waals surface area contributed by atoms with Gasteiger partial charge in [-0.25, -0.2) is 0 Å². The van der Waals surface area contributed by atoms with Gasteiger partial charge in [0.2, 0.25) is 0 Å². The van der Waals surface area contributed by atoms with Crippen molar-refractivity contribution >= 4 is 0 Å². The molecule has 0 fully saturated rings. The van der Waals surface area contributed by atoms with Crippen molar-refractivity contribution in [1.82, 2.24) is 0 Å².